The van der Waals surface area contributed by atoms with Crippen LogP contribution in [0.5, 0.6) is 11.5 Å². The smallest absolute Gasteiger partial charge is 0.231 e. The van der Waals surface area contributed by atoms with E-state index in [9.17, 15) is 4.79 Å². The molecule has 4 nitrogen and oxygen atoms in total. The highest BCUT2D eigenvalue weighted by molar-refractivity contribution is 7.81. The van der Waals surface area contributed by atoms with E-state index in [4.69, 9.17) is 15.2 Å². The van der Waals surface area contributed by atoms with E-state index in [-0.39, 0.29) is 19.1 Å². The SMILES string of the molecule is Cc1cc2c(cc1C(C)(S)CC(N)=O)OCO2. The van der Waals surface area contributed by atoms with E-state index in [0.29, 0.717) is 5.75 Å². The predicted octanol–water partition coefficient (Wildman–Crippen LogP) is 1.74. The lowest BCUT2D eigenvalue weighted by molar-refractivity contribution is -0.118. The summed E-state index contributed by atoms with van der Waals surface area (Å²) in [6, 6.07) is 3.76. The Hall–Kier alpha value is -1.36. The van der Waals surface area contributed by atoms with Gasteiger partial charge in [0.1, 0.15) is 0 Å². The molecule has 0 spiro atoms. The van der Waals surface area contributed by atoms with Gasteiger partial charge in [-0.3, -0.25) is 4.79 Å². The van der Waals surface area contributed by atoms with Gasteiger partial charge in [0.05, 0.1) is 0 Å². The maximum Gasteiger partial charge on any atom is 0.231 e. The molecule has 0 aliphatic carbocycles. The van der Waals surface area contributed by atoms with Gasteiger partial charge in [0.15, 0.2) is 11.5 Å². The fourth-order valence-electron chi connectivity index (χ4n) is 2.06. The summed E-state index contributed by atoms with van der Waals surface area (Å²) in [5.41, 5.74) is 7.18. The quantitative estimate of drug-likeness (QED) is 0.807. The minimum Gasteiger partial charge on any atom is -0.454 e. The number of benzene rings is 1. The van der Waals surface area contributed by atoms with Crippen LogP contribution >= 0.6 is 12.6 Å². The predicted molar refractivity (Wildman–Crippen MR) is 67.5 cm³/mol. The third-order valence-electron chi connectivity index (χ3n) is 2.82. The summed E-state index contributed by atoms with van der Waals surface area (Å²) in [5, 5.41) is 0. The minimum atomic E-state index is -0.600. The molecule has 0 saturated carbocycles. The van der Waals surface area contributed by atoms with E-state index in [1.165, 1.54) is 0 Å². The van der Waals surface area contributed by atoms with Crippen molar-refractivity contribution >= 4 is 18.5 Å². The second-order valence-corrected chi connectivity index (χ2v) is 5.42. The Morgan fingerprint density at radius 3 is 2.65 bits per heavy atom. The zero-order valence-corrected chi connectivity index (χ0v) is 10.7. The van der Waals surface area contributed by atoms with Crippen molar-refractivity contribution in [3.63, 3.8) is 0 Å². The average Bonchev–Trinajstić information content (AvgIpc) is 2.60. The molecule has 1 amide bonds. The first-order valence-electron chi connectivity index (χ1n) is 5.31. The number of amides is 1. The van der Waals surface area contributed by atoms with Crippen molar-refractivity contribution < 1.29 is 14.3 Å². The van der Waals surface area contributed by atoms with Gasteiger partial charge in [-0.25, -0.2) is 0 Å². The fourth-order valence-corrected chi connectivity index (χ4v) is 2.46. The molecule has 1 aromatic carbocycles. The van der Waals surface area contributed by atoms with Crippen molar-refractivity contribution in [3.05, 3.63) is 23.3 Å². The number of hydrogen-bond donors (Lipinski definition) is 2. The maximum atomic E-state index is 11.1. The van der Waals surface area contributed by atoms with Crippen LogP contribution in [0.4, 0.5) is 0 Å². The summed E-state index contributed by atoms with van der Waals surface area (Å²) >= 11 is 4.53. The first-order chi connectivity index (χ1) is 7.90. The lowest BCUT2D eigenvalue weighted by Crippen LogP contribution is -2.24. The molecule has 0 fully saturated rings. The van der Waals surface area contributed by atoms with Gasteiger partial charge < -0.3 is 15.2 Å². The lowest BCUT2D eigenvalue weighted by atomic mass is 9.92. The topological polar surface area (TPSA) is 61.6 Å². The Morgan fingerprint density at radius 1 is 1.47 bits per heavy atom. The van der Waals surface area contributed by atoms with Gasteiger partial charge >= 0.3 is 0 Å². The van der Waals surface area contributed by atoms with Crippen molar-refractivity contribution in [1.29, 1.82) is 0 Å². The normalized spacial score (nSPS) is 16.6. The molecule has 1 aliphatic heterocycles. The number of nitrogens with two attached hydrogens (primary N) is 1. The second-order valence-electron chi connectivity index (χ2n) is 4.44. The molecule has 1 atom stereocenters. The van der Waals surface area contributed by atoms with Crippen LogP contribution in [0.25, 0.3) is 0 Å². The molecule has 0 aromatic heterocycles. The number of fused-ring (bicyclic) bond motifs is 1. The highest BCUT2D eigenvalue weighted by atomic mass is 32.1. The molecule has 0 radical (unpaired) electrons. The van der Waals surface area contributed by atoms with E-state index in [2.05, 4.69) is 12.6 Å². The van der Waals surface area contributed by atoms with Crippen LogP contribution in [0.3, 0.4) is 0 Å². The minimum absolute atomic E-state index is 0.177. The summed E-state index contributed by atoms with van der Waals surface area (Å²) in [7, 11) is 0. The zero-order chi connectivity index (χ0) is 12.6. The standard InChI is InChI=1S/C12H15NO3S/c1-7-3-9-10(16-6-15-9)4-8(7)12(2,17)5-11(13)14/h3-4,17H,5-6H2,1-2H3,(H2,13,14). The first-order valence-corrected chi connectivity index (χ1v) is 5.76. The van der Waals surface area contributed by atoms with E-state index in [0.717, 1.165) is 16.9 Å². The second kappa shape index (κ2) is 4.14. The van der Waals surface area contributed by atoms with Crippen molar-refractivity contribution in [2.75, 3.05) is 6.79 Å². The summed E-state index contributed by atoms with van der Waals surface area (Å²) in [6.07, 6.45) is 0.177. The van der Waals surface area contributed by atoms with Gasteiger partial charge in [-0.15, -0.1) is 0 Å². The monoisotopic (exact) mass is 253 g/mol. The lowest BCUT2D eigenvalue weighted by Gasteiger charge is -2.24. The molecule has 1 heterocycles. The molecule has 2 rings (SSSR count). The van der Waals surface area contributed by atoms with E-state index >= 15 is 0 Å². The molecular formula is C12H15NO3S. The molecule has 1 aromatic rings. The van der Waals surface area contributed by atoms with Gasteiger partial charge in [-0.2, -0.15) is 12.6 Å². The third kappa shape index (κ3) is 2.34. The van der Waals surface area contributed by atoms with Crippen molar-refractivity contribution in [2.45, 2.75) is 25.0 Å². The summed E-state index contributed by atoms with van der Waals surface area (Å²) in [6.45, 7) is 4.05. The molecule has 17 heavy (non-hydrogen) atoms. The van der Waals surface area contributed by atoms with E-state index in [1.54, 1.807) is 0 Å². The van der Waals surface area contributed by atoms with Gasteiger partial charge in [-0.1, -0.05) is 0 Å². The Labute approximate surface area is 105 Å². The largest absolute Gasteiger partial charge is 0.454 e. The number of carbonyl (C=O) groups is 1. The van der Waals surface area contributed by atoms with Crippen LogP contribution in [-0.2, 0) is 9.54 Å². The van der Waals surface area contributed by atoms with Gasteiger partial charge in [0.2, 0.25) is 12.7 Å². The zero-order valence-electron chi connectivity index (χ0n) is 9.82. The van der Waals surface area contributed by atoms with Crippen LogP contribution in [0, 0.1) is 6.92 Å². The average molecular weight is 253 g/mol. The van der Waals surface area contributed by atoms with Gasteiger partial charge in [-0.05, 0) is 37.1 Å². The maximum absolute atomic E-state index is 11.1. The number of ether oxygens (including phenoxy) is 2. The summed E-state index contributed by atoms with van der Waals surface area (Å²) in [5.74, 6) is 1.05. The number of aryl methyl sites for hydroxylation is 1. The fraction of sp³-hybridized carbons (Fsp3) is 0.417. The van der Waals surface area contributed by atoms with Gasteiger partial charge in [0.25, 0.3) is 0 Å². The highest BCUT2D eigenvalue weighted by Gasteiger charge is 2.28. The van der Waals surface area contributed by atoms with E-state index in [1.807, 2.05) is 26.0 Å². The molecule has 2 N–H and O–H groups in total. The number of hydrogen-bond acceptors (Lipinski definition) is 4. The molecule has 92 valence electrons. The van der Waals surface area contributed by atoms with Gasteiger partial charge in [0, 0.05) is 11.2 Å². The number of rotatable bonds is 3. The van der Waals surface area contributed by atoms with Crippen molar-refractivity contribution in [1.82, 2.24) is 0 Å². The van der Waals surface area contributed by atoms with Crippen molar-refractivity contribution in [2.24, 2.45) is 5.73 Å². The van der Waals surface area contributed by atoms with Crippen LogP contribution < -0.4 is 15.2 Å². The number of primary amides is 1. The molecule has 1 aliphatic rings. The molecule has 0 bridgehead atoms. The first kappa shape index (κ1) is 12.1. The Kier molecular flexibility index (Phi) is 2.95. The van der Waals surface area contributed by atoms with Crippen LogP contribution in [0.15, 0.2) is 12.1 Å². The Balaban J connectivity index is 2.41. The third-order valence-corrected chi connectivity index (χ3v) is 3.22. The number of carbonyl (C=O) groups excluding carboxylic acids is 1. The summed E-state index contributed by atoms with van der Waals surface area (Å²) < 4.78 is 10.0. The number of thiol groups is 1. The molecule has 0 saturated heterocycles. The Morgan fingerprint density at radius 2 is 2.06 bits per heavy atom. The Bertz CT molecular complexity index is 471. The summed E-state index contributed by atoms with van der Waals surface area (Å²) in [4.78, 5) is 11.1. The van der Waals surface area contributed by atoms with E-state index < -0.39 is 4.75 Å². The molecule has 1 unspecified atom stereocenters. The van der Waals surface area contributed by atoms with Crippen molar-refractivity contribution in [3.8, 4) is 11.5 Å². The van der Waals surface area contributed by atoms with Crippen LogP contribution in [0.2, 0.25) is 0 Å². The van der Waals surface area contributed by atoms with Crippen LogP contribution in [-0.4, -0.2) is 12.7 Å². The molecular weight excluding hydrogens is 238 g/mol. The van der Waals surface area contributed by atoms with Crippen LogP contribution in [0.1, 0.15) is 24.5 Å². The molecule has 5 heteroatoms. The highest BCUT2D eigenvalue weighted by Crippen LogP contribution is 2.41.